The predicted octanol–water partition coefficient (Wildman–Crippen LogP) is 0.813. The fraction of sp³-hybridized carbons (Fsp3) is 0.545. The predicted molar refractivity (Wildman–Crippen MR) is 68.8 cm³/mol. The van der Waals surface area contributed by atoms with Crippen molar-refractivity contribution in [2.75, 3.05) is 12.8 Å². The number of hydrogen-bond acceptors (Lipinski definition) is 5. The Kier molecular flexibility index (Phi) is 5.93. The number of rotatable bonds is 6. The van der Waals surface area contributed by atoms with Gasteiger partial charge in [-0.2, -0.15) is 0 Å². The zero-order chi connectivity index (χ0) is 12.7. The summed E-state index contributed by atoms with van der Waals surface area (Å²) in [6, 6.07) is 0.442. The van der Waals surface area contributed by atoms with Gasteiger partial charge in [0.15, 0.2) is 5.16 Å². The minimum atomic E-state index is -0.0239. The standard InChI is InChI=1S/C11H18N4OS/c1-8(2)13-4-9-5-14-11(15-6-9)17-7-10(16)12-3/h5-6,8,13H,4,7H2,1-3H3,(H,12,16). The number of amides is 1. The van der Waals surface area contributed by atoms with Gasteiger partial charge >= 0.3 is 0 Å². The highest BCUT2D eigenvalue weighted by Gasteiger charge is 2.03. The third kappa shape index (κ3) is 5.65. The monoisotopic (exact) mass is 254 g/mol. The van der Waals surface area contributed by atoms with Gasteiger partial charge in [-0.05, 0) is 0 Å². The van der Waals surface area contributed by atoms with Crippen LogP contribution >= 0.6 is 11.8 Å². The smallest absolute Gasteiger partial charge is 0.230 e. The van der Waals surface area contributed by atoms with E-state index < -0.39 is 0 Å². The Morgan fingerprint density at radius 1 is 1.41 bits per heavy atom. The van der Waals surface area contributed by atoms with Gasteiger partial charge in [0.05, 0.1) is 5.75 Å². The fourth-order valence-corrected chi connectivity index (χ4v) is 1.69. The molecule has 0 spiro atoms. The van der Waals surface area contributed by atoms with Crippen molar-refractivity contribution in [3.63, 3.8) is 0 Å². The first-order valence-corrected chi connectivity index (χ1v) is 6.48. The molecule has 17 heavy (non-hydrogen) atoms. The molecule has 0 unspecified atom stereocenters. The maximum atomic E-state index is 11.0. The van der Waals surface area contributed by atoms with Gasteiger partial charge in [-0.1, -0.05) is 25.6 Å². The van der Waals surface area contributed by atoms with Gasteiger partial charge in [-0.25, -0.2) is 9.97 Å². The van der Waals surface area contributed by atoms with E-state index in [2.05, 4.69) is 34.4 Å². The van der Waals surface area contributed by atoms with Crippen molar-refractivity contribution in [2.24, 2.45) is 0 Å². The summed E-state index contributed by atoms with van der Waals surface area (Å²) in [5.41, 5.74) is 1.04. The van der Waals surface area contributed by atoms with Crippen molar-refractivity contribution >= 4 is 17.7 Å². The molecule has 0 bridgehead atoms. The number of aromatic nitrogens is 2. The van der Waals surface area contributed by atoms with E-state index in [0.717, 1.165) is 12.1 Å². The molecule has 0 saturated carbocycles. The molecule has 94 valence electrons. The number of nitrogens with zero attached hydrogens (tertiary/aromatic N) is 2. The van der Waals surface area contributed by atoms with Gasteiger partial charge in [0.1, 0.15) is 0 Å². The van der Waals surface area contributed by atoms with Crippen LogP contribution in [0.15, 0.2) is 17.6 Å². The molecule has 5 nitrogen and oxygen atoms in total. The molecular formula is C11H18N4OS. The SMILES string of the molecule is CNC(=O)CSc1ncc(CNC(C)C)cn1. The summed E-state index contributed by atoms with van der Waals surface area (Å²) in [6.45, 7) is 4.95. The molecule has 1 aromatic rings. The van der Waals surface area contributed by atoms with Crippen molar-refractivity contribution in [1.82, 2.24) is 20.6 Å². The molecular weight excluding hydrogens is 236 g/mol. The lowest BCUT2D eigenvalue weighted by atomic mass is 10.3. The summed E-state index contributed by atoms with van der Waals surface area (Å²) in [5.74, 6) is 0.323. The fourth-order valence-electron chi connectivity index (χ4n) is 1.03. The quantitative estimate of drug-likeness (QED) is 0.581. The molecule has 2 N–H and O–H groups in total. The first-order chi connectivity index (χ1) is 8.11. The number of carbonyl (C=O) groups is 1. The second-order valence-electron chi connectivity index (χ2n) is 3.87. The van der Waals surface area contributed by atoms with Crippen LogP contribution in [0.25, 0.3) is 0 Å². The van der Waals surface area contributed by atoms with E-state index >= 15 is 0 Å². The number of nitrogens with one attached hydrogen (secondary N) is 2. The summed E-state index contributed by atoms with van der Waals surface area (Å²) in [7, 11) is 1.62. The van der Waals surface area contributed by atoms with Gasteiger partial charge in [-0.15, -0.1) is 0 Å². The summed E-state index contributed by atoms with van der Waals surface area (Å²) < 4.78 is 0. The molecule has 1 heterocycles. The third-order valence-corrected chi connectivity index (χ3v) is 2.88. The molecule has 1 amide bonds. The van der Waals surface area contributed by atoms with Crippen LogP contribution in [-0.2, 0) is 11.3 Å². The van der Waals surface area contributed by atoms with Crippen LogP contribution in [0.3, 0.4) is 0 Å². The minimum Gasteiger partial charge on any atom is -0.358 e. The average Bonchev–Trinajstić information content (AvgIpc) is 2.34. The Hall–Kier alpha value is -1.14. The minimum absolute atomic E-state index is 0.0239. The van der Waals surface area contributed by atoms with Crippen LogP contribution in [0.5, 0.6) is 0 Å². The van der Waals surface area contributed by atoms with E-state index in [1.54, 1.807) is 19.4 Å². The summed E-state index contributed by atoms with van der Waals surface area (Å²) in [6.07, 6.45) is 3.57. The molecule has 0 saturated heterocycles. The van der Waals surface area contributed by atoms with Crippen LogP contribution in [-0.4, -0.2) is 34.7 Å². The molecule has 0 aliphatic heterocycles. The van der Waals surface area contributed by atoms with Gasteiger partial charge < -0.3 is 10.6 Å². The van der Waals surface area contributed by atoms with E-state index in [0.29, 0.717) is 17.0 Å². The lowest BCUT2D eigenvalue weighted by molar-refractivity contribution is -0.118. The normalized spacial score (nSPS) is 10.6. The lowest BCUT2D eigenvalue weighted by Crippen LogP contribution is -2.22. The second kappa shape index (κ2) is 7.24. The molecule has 0 aromatic carbocycles. The molecule has 1 rings (SSSR count). The van der Waals surface area contributed by atoms with Crippen molar-refractivity contribution in [1.29, 1.82) is 0 Å². The maximum absolute atomic E-state index is 11.0. The van der Waals surface area contributed by atoms with Gasteiger partial charge in [-0.3, -0.25) is 4.79 Å². The number of hydrogen-bond donors (Lipinski definition) is 2. The number of thioether (sulfide) groups is 1. The first-order valence-electron chi connectivity index (χ1n) is 5.49. The molecule has 0 aliphatic rings. The third-order valence-electron chi connectivity index (χ3n) is 2.01. The van der Waals surface area contributed by atoms with E-state index in [1.165, 1.54) is 11.8 Å². The summed E-state index contributed by atoms with van der Waals surface area (Å²) in [5, 5.41) is 6.47. The molecule has 0 fully saturated rings. The van der Waals surface area contributed by atoms with Crippen LogP contribution in [0.1, 0.15) is 19.4 Å². The molecule has 0 radical (unpaired) electrons. The Labute approximate surface area is 106 Å². The Morgan fingerprint density at radius 3 is 2.59 bits per heavy atom. The highest BCUT2D eigenvalue weighted by atomic mass is 32.2. The number of carbonyl (C=O) groups excluding carboxylic acids is 1. The zero-order valence-corrected chi connectivity index (χ0v) is 11.2. The lowest BCUT2D eigenvalue weighted by Gasteiger charge is -2.07. The Bertz CT molecular complexity index is 353. The summed E-state index contributed by atoms with van der Waals surface area (Å²) >= 11 is 1.33. The van der Waals surface area contributed by atoms with Gasteiger partial charge in [0.2, 0.25) is 5.91 Å². The van der Waals surface area contributed by atoms with Crippen molar-refractivity contribution in [3.8, 4) is 0 Å². The molecule has 6 heteroatoms. The van der Waals surface area contributed by atoms with Crippen molar-refractivity contribution < 1.29 is 4.79 Å². The average molecular weight is 254 g/mol. The topological polar surface area (TPSA) is 66.9 Å². The largest absolute Gasteiger partial charge is 0.358 e. The second-order valence-corrected chi connectivity index (χ2v) is 4.81. The van der Waals surface area contributed by atoms with Gasteiger partial charge in [0.25, 0.3) is 0 Å². The van der Waals surface area contributed by atoms with Crippen LogP contribution in [0.2, 0.25) is 0 Å². The van der Waals surface area contributed by atoms with Crippen molar-refractivity contribution in [3.05, 3.63) is 18.0 Å². The molecule has 0 atom stereocenters. The maximum Gasteiger partial charge on any atom is 0.230 e. The zero-order valence-electron chi connectivity index (χ0n) is 10.4. The van der Waals surface area contributed by atoms with Crippen molar-refractivity contribution in [2.45, 2.75) is 31.6 Å². The van der Waals surface area contributed by atoms with Crippen LogP contribution < -0.4 is 10.6 Å². The van der Waals surface area contributed by atoms with Crippen LogP contribution in [0, 0.1) is 0 Å². The molecule has 1 aromatic heterocycles. The first kappa shape index (κ1) is 13.9. The van der Waals surface area contributed by atoms with E-state index in [9.17, 15) is 4.79 Å². The molecule has 0 aliphatic carbocycles. The summed E-state index contributed by atoms with van der Waals surface area (Å²) in [4.78, 5) is 19.4. The van der Waals surface area contributed by atoms with E-state index in [1.807, 2.05) is 0 Å². The van der Waals surface area contributed by atoms with Crippen LogP contribution in [0.4, 0.5) is 0 Å². The Balaban J connectivity index is 2.42. The Morgan fingerprint density at radius 2 is 2.06 bits per heavy atom. The van der Waals surface area contributed by atoms with E-state index in [-0.39, 0.29) is 5.91 Å². The highest BCUT2D eigenvalue weighted by Crippen LogP contribution is 2.11. The highest BCUT2D eigenvalue weighted by molar-refractivity contribution is 7.99. The van der Waals surface area contributed by atoms with E-state index in [4.69, 9.17) is 0 Å². The van der Waals surface area contributed by atoms with Gasteiger partial charge in [0, 0.05) is 37.6 Å².